The molecule has 3 aliphatic heterocycles. The topological polar surface area (TPSA) is 141 Å². The Hall–Kier alpha value is -5.11. The van der Waals surface area contributed by atoms with Gasteiger partial charge in [0, 0.05) is 54.8 Å². The van der Waals surface area contributed by atoms with Gasteiger partial charge in [-0.3, -0.25) is 34.3 Å². The van der Waals surface area contributed by atoms with Gasteiger partial charge >= 0.3 is 6.18 Å². The number of hydrogen-bond donors (Lipinski definition) is 4. The number of anilines is 4. The van der Waals surface area contributed by atoms with Crippen LogP contribution in [0.15, 0.2) is 60.7 Å². The minimum atomic E-state index is -4.76. The summed E-state index contributed by atoms with van der Waals surface area (Å²) in [5, 5.41) is 17.7. The highest BCUT2D eigenvalue weighted by molar-refractivity contribution is 7.81. The first-order valence-electron chi connectivity index (χ1n) is 19.5. The van der Waals surface area contributed by atoms with E-state index in [1.807, 2.05) is 23.1 Å². The molecule has 58 heavy (non-hydrogen) atoms. The lowest BCUT2D eigenvalue weighted by Gasteiger charge is -2.39. The van der Waals surface area contributed by atoms with E-state index in [-0.39, 0.29) is 42.4 Å². The van der Waals surface area contributed by atoms with Crippen molar-refractivity contribution in [1.29, 1.82) is 5.26 Å². The number of halogens is 3. The van der Waals surface area contributed by atoms with Crippen molar-refractivity contribution in [1.82, 2.24) is 15.1 Å². The van der Waals surface area contributed by atoms with Crippen LogP contribution in [0.3, 0.4) is 0 Å². The Morgan fingerprint density at radius 1 is 1.02 bits per heavy atom. The summed E-state index contributed by atoms with van der Waals surface area (Å²) in [5.41, 5.74) is 0.710. The van der Waals surface area contributed by atoms with Crippen LogP contribution in [0.25, 0.3) is 0 Å². The molecular formula is C42H49F3N8O4S. The summed E-state index contributed by atoms with van der Waals surface area (Å²) in [6.07, 6.45) is -1.59. The number of nitrogens with one attached hydrogen (secondary N) is 3. The third-order valence-corrected chi connectivity index (χ3v) is 11.7. The lowest BCUT2D eigenvalue weighted by Crippen LogP contribution is -2.53. The Kier molecular flexibility index (Phi) is 12.7. The molecule has 3 saturated heterocycles. The van der Waals surface area contributed by atoms with E-state index in [1.165, 1.54) is 16.5 Å². The number of aryl methyl sites for hydroxylation is 2. The first-order valence-corrected chi connectivity index (χ1v) is 20.0. The maximum Gasteiger partial charge on any atom is 0.417 e. The molecule has 1 unspecified atom stereocenters. The largest absolute Gasteiger partial charge is 0.417 e. The number of thiol groups is 1. The normalized spacial score (nSPS) is 21.5. The Morgan fingerprint density at radius 2 is 1.76 bits per heavy atom. The van der Waals surface area contributed by atoms with Crippen LogP contribution in [0, 0.1) is 11.3 Å². The second kappa shape index (κ2) is 17.4. The van der Waals surface area contributed by atoms with E-state index in [2.05, 4.69) is 45.7 Å². The van der Waals surface area contributed by atoms with Gasteiger partial charge in [-0.05, 0) is 113 Å². The second-order valence-electron chi connectivity index (χ2n) is 15.6. The van der Waals surface area contributed by atoms with Gasteiger partial charge in [0.05, 0.1) is 23.7 Å². The van der Waals surface area contributed by atoms with Gasteiger partial charge in [0.1, 0.15) is 11.6 Å². The number of piperidine rings is 1. The number of nitriles is 1. The van der Waals surface area contributed by atoms with Crippen molar-refractivity contribution in [2.24, 2.45) is 0 Å². The van der Waals surface area contributed by atoms with Crippen LogP contribution < -0.4 is 25.8 Å². The Labute approximate surface area is 342 Å². The Bertz CT molecular complexity index is 2110. The summed E-state index contributed by atoms with van der Waals surface area (Å²) in [6.45, 7) is 11.2. The molecule has 0 radical (unpaired) electrons. The maximum atomic E-state index is 13.8. The van der Waals surface area contributed by atoms with Crippen molar-refractivity contribution in [3.63, 3.8) is 0 Å². The molecule has 3 aromatic rings. The van der Waals surface area contributed by atoms with E-state index in [9.17, 15) is 37.6 Å². The first kappa shape index (κ1) is 42.5. The number of hydrogen-bond acceptors (Lipinski definition) is 10. The van der Waals surface area contributed by atoms with Crippen molar-refractivity contribution in [3.05, 3.63) is 82.9 Å². The standard InChI is InChI=1S/C42H49F3N8O4S/c1-5-27-20-33(53-40(58)52(39(57)41(53,3)4)32-13-12-29(23-46)34(22-32)42(43,44)45)14-11-28(27)8-7-17-50-18-19-51(26(2)24-50)25-37(55)48-31-10-6-9-30(21-31)47-35-15-16-36(54)49-38(35)56/h6,9-14,20-22,26,35,40,47,58H,5,7-8,15-19,24-25H2,1-4H3,(H,48,55)(H,49,54,56)/t26-,35?,40+/m0/s1. The third-order valence-electron chi connectivity index (χ3n) is 11.2. The lowest BCUT2D eigenvalue weighted by atomic mass is 9.97. The monoisotopic (exact) mass is 818 g/mol. The maximum absolute atomic E-state index is 13.8. The number of nitrogens with zero attached hydrogens (tertiary/aromatic N) is 5. The van der Waals surface area contributed by atoms with Crippen LogP contribution in [0.4, 0.5) is 35.9 Å². The number of rotatable bonds is 12. The number of benzene rings is 3. The summed E-state index contributed by atoms with van der Waals surface area (Å²) in [7, 11) is 0. The van der Waals surface area contributed by atoms with E-state index in [4.69, 9.17) is 12.6 Å². The molecular weight excluding hydrogens is 770 g/mol. The molecule has 12 nitrogen and oxygen atoms in total. The zero-order valence-electron chi connectivity index (χ0n) is 33.0. The minimum Gasteiger partial charge on any atom is -0.374 e. The van der Waals surface area contributed by atoms with E-state index in [0.717, 1.165) is 68.8 Å². The predicted molar refractivity (Wildman–Crippen MR) is 219 cm³/mol. The number of alkyl halides is 3. The number of imide groups is 1. The summed E-state index contributed by atoms with van der Waals surface area (Å²) in [6, 6.07) is 17.7. The quantitative estimate of drug-likeness (QED) is 0.132. The lowest BCUT2D eigenvalue weighted by molar-refractivity contribution is -0.138. The van der Waals surface area contributed by atoms with Gasteiger partial charge in [0.2, 0.25) is 17.7 Å². The predicted octanol–water partition coefficient (Wildman–Crippen LogP) is 5.78. The smallest absolute Gasteiger partial charge is 0.374 e. The molecule has 3 atom stereocenters. The highest BCUT2D eigenvalue weighted by Gasteiger charge is 2.52. The highest BCUT2D eigenvalue weighted by Crippen LogP contribution is 2.43. The molecule has 0 spiro atoms. The molecule has 0 bridgehead atoms. The molecule has 0 saturated carbocycles. The first-order chi connectivity index (χ1) is 27.5. The van der Waals surface area contributed by atoms with Crippen LogP contribution in [0.5, 0.6) is 0 Å². The molecule has 16 heteroatoms. The van der Waals surface area contributed by atoms with Gasteiger partial charge in [-0.2, -0.15) is 18.4 Å². The average molecular weight is 819 g/mol. The molecule has 3 aliphatic rings. The summed E-state index contributed by atoms with van der Waals surface area (Å²) in [5.74, 6) is -1.17. The fraction of sp³-hybridized carbons (Fsp3) is 0.452. The number of carbonyl (C=O) groups excluding carboxylic acids is 4. The number of piperazine rings is 1. The van der Waals surface area contributed by atoms with Gasteiger partial charge in [-0.15, -0.1) is 12.6 Å². The molecule has 0 aliphatic carbocycles. The van der Waals surface area contributed by atoms with E-state index >= 15 is 0 Å². The van der Waals surface area contributed by atoms with Crippen LogP contribution >= 0.6 is 12.6 Å². The summed E-state index contributed by atoms with van der Waals surface area (Å²) < 4.78 is 41.4. The van der Waals surface area contributed by atoms with Crippen molar-refractivity contribution < 1.29 is 32.3 Å². The Morgan fingerprint density at radius 3 is 2.45 bits per heavy atom. The molecule has 4 amide bonds. The number of carbonyl (C=O) groups is 4. The van der Waals surface area contributed by atoms with Crippen molar-refractivity contribution in [2.45, 2.75) is 89.1 Å². The molecule has 3 aromatic carbocycles. The van der Waals surface area contributed by atoms with Gasteiger partial charge in [0.15, 0.2) is 5.50 Å². The summed E-state index contributed by atoms with van der Waals surface area (Å²) in [4.78, 5) is 58.1. The summed E-state index contributed by atoms with van der Waals surface area (Å²) >= 11 is 4.75. The van der Waals surface area contributed by atoms with E-state index < -0.39 is 40.3 Å². The van der Waals surface area contributed by atoms with Crippen LogP contribution in [0.1, 0.15) is 69.2 Å². The van der Waals surface area contributed by atoms with Crippen LogP contribution in [-0.2, 0) is 38.2 Å². The van der Waals surface area contributed by atoms with Crippen LogP contribution in [-0.4, -0.2) is 89.3 Å². The fourth-order valence-electron chi connectivity index (χ4n) is 8.07. The number of amides is 4. The Balaban J connectivity index is 1.01. The molecule has 308 valence electrons. The van der Waals surface area contributed by atoms with Gasteiger partial charge in [0.25, 0.3) is 5.91 Å². The van der Waals surface area contributed by atoms with E-state index in [0.29, 0.717) is 17.8 Å². The van der Waals surface area contributed by atoms with E-state index in [1.54, 1.807) is 38.1 Å². The minimum absolute atomic E-state index is 0.0153. The third kappa shape index (κ3) is 9.27. The second-order valence-corrected chi connectivity index (χ2v) is 16.1. The molecule has 3 fully saturated rings. The van der Waals surface area contributed by atoms with Gasteiger partial charge in [-0.1, -0.05) is 19.1 Å². The van der Waals surface area contributed by atoms with Crippen molar-refractivity contribution in [3.8, 4) is 6.07 Å². The van der Waals surface area contributed by atoms with Crippen molar-refractivity contribution >= 4 is 59.0 Å². The zero-order valence-corrected chi connectivity index (χ0v) is 33.9. The molecule has 3 N–H and O–H groups in total. The van der Waals surface area contributed by atoms with Gasteiger partial charge in [-0.25, -0.2) is 0 Å². The van der Waals surface area contributed by atoms with Gasteiger partial charge < -0.3 is 20.4 Å². The molecule has 0 aromatic heterocycles. The molecule has 6 rings (SSSR count). The SMILES string of the molecule is CCc1cc(N2[C@H](S)N(c3ccc(C#N)c(C(F)(F)F)c3)C(=O)C2(C)C)ccc1CCCN1CCN(CC(=O)Nc2cccc(NC3CCC(=O)NC3=O)c2)[C@@H](C)C1. The fourth-order valence-corrected chi connectivity index (χ4v) is 8.73. The van der Waals surface area contributed by atoms with Crippen molar-refractivity contribution in [2.75, 3.05) is 53.2 Å². The molecule has 3 heterocycles. The van der Waals surface area contributed by atoms with Crippen LogP contribution in [0.2, 0.25) is 0 Å². The highest BCUT2D eigenvalue weighted by atomic mass is 32.1. The zero-order chi connectivity index (χ0) is 41.9. The average Bonchev–Trinajstić information content (AvgIpc) is 3.35.